The Labute approximate surface area is 95.4 Å². The molecule has 0 unspecified atom stereocenters. The van der Waals surface area contributed by atoms with E-state index in [0.717, 1.165) is 24.3 Å². The molecule has 4 heteroatoms. The SMILES string of the molecule is Cc1ccc(C(N)=NO)c(N2CCCC2)c1. The van der Waals surface area contributed by atoms with Crippen LogP contribution in [0, 0.1) is 6.92 Å². The monoisotopic (exact) mass is 219 g/mol. The number of anilines is 1. The van der Waals surface area contributed by atoms with Gasteiger partial charge in [0.05, 0.1) is 0 Å². The van der Waals surface area contributed by atoms with Gasteiger partial charge in [0, 0.05) is 24.3 Å². The molecular formula is C12H17N3O. The fourth-order valence-corrected chi connectivity index (χ4v) is 2.13. The predicted molar refractivity (Wildman–Crippen MR) is 65.1 cm³/mol. The fraction of sp³-hybridized carbons (Fsp3) is 0.417. The lowest BCUT2D eigenvalue weighted by Gasteiger charge is -2.21. The van der Waals surface area contributed by atoms with Gasteiger partial charge in [0.2, 0.25) is 0 Å². The van der Waals surface area contributed by atoms with Crippen LogP contribution in [0.3, 0.4) is 0 Å². The molecule has 0 saturated carbocycles. The van der Waals surface area contributed by atoms with E-state index in [4.69, 9.17) is 10.9 Å². The van der Waals surface area contributed by atoms with Crippen LogP contribution in [0.1, 0.15) is 24.0 Å². The minimum Gasteiger partial charge on any atom is -0.409 e. The molecule has 0 amide bonds. The predicted octanol–water partition coefficient (Wildman–Crippen LogP) is 1.69. The molecule has 86 valence electrons. The molecule has 0 radical (unpaired) electrons. The Bertz CT molecular complexity index is 409. The molecule has 0 atom stereocenters. The summed E-state index contributed by atoms with van der Waals surface area (Å²) in [5.41, 5.74) is 8.77. The third-order valence-corrected chi connectivity index (χ3v) is 2.98. The quantitative estimate of drug-likeness (QED) is 0.344. The third kappa shape index (κ3) is 1.96. The van der Waals surface area contributed by atoms with E-state index in [2.05, 4.69) is 23.0 Å². The second-order valence-electron chi connectivity index (χ2n) is 4.20. The molecule has 1 aromatic carbocycles. The van der Waals surface area contributed by atoms with Crippen LogP contribution in [0.4, 0.5) is 5.69 Å². The second-order valence-corrected chi connectivity index (χ2v) is 4.20. The average Bonchev–Trinajstić information content (AvgIpc) is 2.81. The van der Waals surface area contributed by atoms with Crippen molar-refractivity contribution in [1.29, 1.82) is 0 Å². The zero-order chi connectivity index (χ0) is 11.5. The summed E-state index contributed by atoms with van der Waals surface area (Å²) in [5, 5.41) is 11.9. The van der Waals surface area contributed by atoms with Gasteiger partial charge >= 0.3 is 0 Å². The van der Waals surface area contributed by atoms with Gasteiger partial charge in [-0.2, -0.15) is 0 Å². The number of nitrogens with zero attached hydrogens (tertiary/aromatic N) is 2. The summed E-state index contributed by atoms with van der Waals surface area (Å²) < 4.78 is 0. The van der Waals surface area contributed by atoms with Gasteiger partial charge in [0.1, 0.15) is 0 Å². The molecule has 0 aliphatic carbocycles. The molecule has 1 aliphatic rings. The van der Waals surface area contributed by atoms with Crippen LogP contribution in [0.5, 0.6) is 0 Å². The van der Waals surface area contributed by atoms with Crippen molar-refractivity contribution in [2.75, 3.05) is 18.0 Å². The first-order valence-electron chi connectivity index (χ1n) is 5.56. The van der Waals surface area contributed by atoms with Crippen molar-refractivity contribution in [3.8, 4) is 0 Å². The molecule has 1 aromatic rings. The summed E-state index contributed by atoms with van der Waals surface area (Å²) in [6, 6.07) is 5.99. The number of nitrogens with two attached hydrogens (primary N) is 1. The van der Waals surface area contributed by atoms with Crippen LogP contribution in [-0.2, 0) is 0 Å². The zero-order valence-corrected chi connectivity index (χ0v) is 9.48. The van der Waals surface area contributed by atoms with Gasteiger partial charge in [-0.25, -0.2) is 0 Å². The van der Waals surface area contributed by atoms with Crippen LogP contribution in [0.2, 0.25) is 0 Å². The Morgan fingerprint density at radius 1 is 1.38 bits per heavy atom. The lowest BCUT2D eigenvalue weighted by atomic mass is 10.1. The van der Waals surface area contributed by atoms with E-state index in [1.54, 1.807) is 0 Å². The highest BCUT2D eigenvalue weighted by Crippen LogP contribution is 2.25. The number of amidine groups is 1. The molecule has 1 saturated heterocycles. The molecule has 2 rings (SSSR count). The number of hydrogen-bond donors (Lipinski definition) is 2. The Morgan fingerprint density at radius 2 is 2.06 bits per heavy atom. The van der Waals surface area contributed by atoms with Crippen molar-refractivity contribution in [1.82, 2.24) is 0 Å². The lowest BCUT2D eigenvalue weighted by molar-refractivity contribution is 0.318. The molecule has 16 heavy (non-hydrogen) atoms. The van der Waals surface area contributed by atoms with Gasteiger partial charge in [-0.15, -0.1) is 0 Å². The highest BCUT2D eigenvalue weighted by Gasteiger charge is 2.17. The third-order valence-electron chi connectivity index (χ3n) is 2.98. The Hall–Kier alpha value is -1.71. The summed E-state index contributed by atoms with van der Waals surface area (Å²) in [6.45, 7) is 4.15. The summed E-state index contributed by atoms with van der Waals surface area (Å²) >= 11 is 0. The van der Waals surface area contributed by atoms with Gasteiger partial charge in [-0.3, -0.25) is 0 Å². The van der Waals surface area contributed by atoms with Crippen LogP contribution in [0.15, 0.2) is 23.4 Å². The van der Waals surface area contributed by atoms with Gasteiger partial charge in [0.15, 0.2) is 5.84 Å². The largest absolute Gasteiger partial charge is 0.409 e. The molecule has 1 heterocycles. The van der Waals surface area contributed by atoms with Crippen LogP contribution in [0.25, 0.3) is 0 Å². The van der Waals surface area contributed by atoms with E-state index in [0.29, 0.717) is 0 Å². The summed E-state index contributed by atoms with van der Waals surface area (Å²) in [5.74, 6) is 0.182. The Kier molecular flexibility index (Phi) is 2.99. The van der Waals surface area contributed by atoms with Crippen LogP contribution >= 0.6 is 0 Å². The van der Waals surface area contributed by atoms with Crippen molar-refractivity contribution >= 4 is 11.5 Å². The number of hydrogen-bond acceptors (Lipinski definition) is 3. The van der Waals surface area contributed by atoms with E-state index in [-0.39, 0.29) is 5.84 Å². The second kappa shape index (κ2) is 4.43. The first-order valence-corrected chi connectivity index (χ1v) is 5.56. The Balaban J connectivity index is 2.43. The molecule has 1 aliphatic heterocycles. The molecule has 0 spiro atoms. The van der Waals surface area contributed by atoms with E-state index < -0.39 is 0 Å². The van der Waals surface area contributed by atoms with E-state index in [9.17, 15) is 0 Å². The molecule has 0 bridgehead atoms. The first kappa shape index (κ1) is 10.8. The topological polar surface area (TPSA) is 61.9 Å². The normalized spacial score (nSPS) is 16.8. The van der Waals surface area contributed by atoms with E-state index >= 15 is 0 Å². The minimum absolute atomic E-state index is 0.182. The molecule has 0 aromatic heterocycles. The maximum absolute atomic E-state index is 8.77. The molecule has 3 N–H and O–H groups in total. The van der Waals surface area contributed by atoms with E-state index in [1.165, 1.54) is 18.4 Å². The number of oxime groups is 1. The number of aryl methyl sites for hydroxylation is 1. The lowest BCUT2D eigenvalue weighted by Crippen LogP contribution is -2.23. The maximum Gasteiger partial charge on any atom is 0.172 e. The molecular weight excluding hydrogens is 202 g/mol. The summed E-state index contributed by atoms with van der Waals surface area (Å²) in [6.07, 6.45) is 2.42. The van der Waals surface area contributed by atoms with Gasteiger partial charge < -0.3 is 15.8 Å². The van der Waals surface area contributed by atoms with Crippen molar-refractivity contribution in [2.45, 2.75) is 19.8 Å². The smallest absolute Gasteiger partial charge is 0.172 e. The number of rotatable bonds is 2. The minimum atomic E-state index is 0.182. The summed E-state index contributed by atoms with van der Waals surface area (Å²) in [7, 11) is 0. The van der Waals surface area contributed by atoms with Gasteiger partial charge in [-0.05, 0) is 37.5 Å². The van der Waals surface area contributed by atoms with Crippen molar-refractivity contribution in [2.24, 2.45) is 10.9 Å². The Morgan fingerprint density at radius 3 is 2.69 bits per heavy atom. The highest BCUT2D eigenvalue weighted by atomic mass is 16.4. The van der Waals surface area contributed by atoms with Crippen molar-refractivity contribution in [3.05, 3.63) is 29.3 Å². The van der Waals surface area contributed by atoms with Crippen molar-refractivity contribution < 1.29 is 5.21 Å². The number of benzene rings is 1. The van der Waals surface area contributed by atoms with Gasteiger partial charge in [0.25, 0.3) is 0 Å². The van der Waals surface area contributed by atoms with Gasteiger partial charge in [-0.1, -0.05) is 11.2 Å². The van der Waals surface area contributed by atoms with Crippen LogP contribution < -0.4 is 10.6 Å². The highest BCUT2D eigenvalue weighted by molar-refractivity contribution is 6.02. The first-order chi connectivity index (χ1) is 7.72. The summed E-state index contributed by atoms with van der Waals surface area (Å²) in [4.78, 5) is 2.29. The zero-order valence-electron chi connectivity index (χ0n) is 9.48. The fourth-order valence-electron chi connectivity index (χ4n) is 2.13. The molecule has 4 nitrogen and oxygen atoms in total. The van der Waals surface area contributed by atoms with Crippen LogP contribution in [-0.4, -0.2) is 24.1 Å². The maximum atomic E-state index is 8.77. The van der Waals surface area contributed by atoms with Crippen molar-refractivity contribution in [3.63, 3.8) is 0 Å². The standard InChI is InChI=1S/C12H17N3O/c1-9-4-5-10(12(13)14-16)11(8-9)15-6-2-3-7-15/h4-5,8,16H,2-3,6-7H2,1H3,(H2,13,14). The van der Waals surface area contributed by atoms with E-state index in [1.807, 2.05) is 12.1 Å². The molecule has 1 fully saturated rings. The average molecular weight is 219 g/mol.